The Hall–Kier alpha value is -1.85. The average Bonchev–Trinajstić information content (AvgIpc) is 2.56. The van der Waals surface area contributed by atoms with Gasteiger partial charge < -0.3 is 9.15 Å². The molecule has 6 nitrogen and oxygen atoms in total. The van der Waals surface area contributed by atoms with Crippen molar-refractivity contribution in [2.75, 3.05) is 6.54 Å². The second-order valence-corrected chi connectivity index (χ2v) is 5.26. The monoisotopic (exact) mass is 252 g/mol. The molecule has 0 atom stereocenters. The summed E-state index contributed by atoms with van der Waals surface area (Å²) in [5.41, 5.74) is -0.259. The molecule has 18 heavy (non-hydrogen) atoms. The molecule has 0 fully saturated rings. The third-order valence-electron chi connectivity index (χ3n) is 2.39. The molecule has 0 radical (unpaired) electrons. The zero-order valence-electron chi connectivity index (χ0n) is 10.9. The van der Waals surface area contributed by atoms with Crippen LogP contribution in [0.25, 0.3) is 0 Å². The molecule has 6 heteroatoms. The van der Waals surface area contributed by atoms with Crippen molar-refractivity contribution >= 4 is 11.9 Å². The van der Waals surface area contributed by atoms with Crippen LogP contribution in [0.3, 0.4) is 0 Å². The highest BCUT2D eigenvalue weighted by atomic mass is 16.6. The smallest absolute Gasteiger partial charge is 0.411 e. The van der Waals surface area contributed by atoms with E-state index in [1.165, 1.54) is 4.90 Å². The number of fused-ring (bicyclic) bond motifs is 1. The van der Waals surface area contributed by atoms with E-state index < -0.39 is 11.7 Å². The summed E-state index contributed by atoms with van der Waals surface area (Å²) >= 11 is 0. The van der Waals surface area contributed by atoms with Crippen LogP contribution in [0.15, 0.2) is 4.42 Å². The highest BCUT2D eigenvalue weighted by Crippen LogP contribution is 2.21. The van der Waals surface area contributed by atoms with Gasteiger partial charge >= 0.3 is 6.09 Å². The quantitative estimate of drug-likeness (QED) is 0.705. The minimum atomic E-state index is -0.586. The van der Waals surface area contributed by atoms with Crippen LogP contribution in [-0.4, -0.2) is 33.9 Å². The van der Waals surface area contributed by atoms with Gasteiger partial charge in [0, 0.05) is 6.92 Å². The first-order valence-corrected chi connectivity index (χ1v) is 5.74. The summed E-state index contributed by atoms with van der Waals surface area (Å²) in [6.07, 6.45) is -0.518. The Morgan fingerprint density at radius 3 is 2.67 bits per heavy atom. The van der Waals surface area contributed by atoms with Crippen molar-refractivity contribution in [3.63, 3.8) is 0 Å². The van der Waals surface area contributed by atoms with Gasteiger partial charge in [-0.1, -0.05) is 0 Å². The highest BCUT2D eigenvalue weighted by molar-refractivity contribution is 5.99. The van der Waals surface area contributed by atoms with E-state index in [4.69, 9.17) is 9.15 Å². The lowest BCUT2D eigenvalue weighted by molar-refractivity contribution is 0.0205. The van der Waals surface area contributed by atoms with Gasteiger partial charge in [-0.3, -0.25) is 9.69 Å². The number of carbonyl (C=O) groups excluding carboxylic acids is 2. The number of ether oxygens (including phenoxy) is 1. The molecule has 1 aliphatic heterocycles. The number of amides is 1. The molecule has 0 aromatic carbocycles. The predicted molar refractivity (Wildman–Crippen MR) is 62.2 cm³/mol. The Kier molecular flexibility index (Phi) is 2.88. The third-order valence-corrected chi connectivity index (χ3v) is 2.39. The van der Waals surface area contributed by atoms with Gasteiger partial charge in [0.05, 0.1) is 13.1 Å². The second-order valence-electron chi connectivity index (χ2n) is 5.26. The van der Waals surface area contributed by atoms with Crippen LogP contribution in [0.1, 0.15) is 42.9 Å². The van der Waals surface area contributed by atoms with Crippen molar-refractivity contribution in [3.8, 4) is 0 Å². The van der Waals surface area contributed by atoms with Crippen LogP contribution in [0.4, 0.5) is 4.79 Å². The van der Waals surface area contributed by atoms with Crippen LogP contribution < -0.4 is 0 Å². The molecular weight excluding hydrogens is 236 g/mol. The van der Waals surface area contributed by atoms with Crippen LogP contribution in [-0.2, 0) is 11.3 Å². The molecule has 1 aromatic rings. The molecule has 0 saturated heterocycles. The van der Waals surface area contributed by atoms with Crippen LogP contribution in [0.2, 0.25) is 0 Å². The van der Waals surface area contributed by atoms with E-state index in [1.807, 2.05) is 0 Å². The first-order valence-electron chi connectivity index (χ1n) is 5.74. The molecule has 0 spiro atoms. The van der Waals surface area contributed by atoms with Crippen molar-refractivity contribution in [3.05, 3.63) is 17.3 Å². The number of carbonyl (C=O) groups is 2. The fourth-order valence-corrected chi connectivity index (χ4v) is 1.73. The summed E-state index contributed by atoms with van der Waals surface area (Å²) in [4.78, 5) is 29.0. The summed E-state index contributed by atoms with van der Waals surface area (Å²) < 4.78 is 10.5. The first kappa shape index (κ1) is 12.6. The van der Waals surface area contributed by atoms with Crippen molar-refractivity contribution in [1.29, 1.82) is 0 Å². The Balaban J connectivity index is 2.16. The maximum Gasteiger partial charge on any atom is 0.411 e. The Morgan fingerprint density at radius 2 is 2.06 bits per heavy atom. The molecule has 98 valence electrons. The Labute approximate surface area is 105 Å². The summed E-state index contributed by atoms with van der Waals surface area (Å²) in [6, 6.07) is 0. The van der Waals surface area contributed by atoms with Gasteiger partial charge in [0.1, 0.15) is 5.60 Å². The van der Waals surface area contributed by atoms with E-state index in [1.54, 1.807) is 27.7 Å². The van der Waals surface area contributed by atoms with E-state index in [0.717, 1.165) is 0 Å². The van der Waals surface area contributed by atoms with Gasteiger partial charge in [-0.15, -0.1) is 0 Å². The fourth-order valence-electron chi connectivity index (χ4n) is 1.73. The summed E-state index contributed by atoms with van der Waals surface area (Å²) in [5.74, 6) is 0.632. The number of nitrogens with zero attached hydrogens (tertiary/aromatic N) is 2. The molecule has 1 aromatic heterocycles. The molecule has 0 saturated carbocycles. The molecule has 0 aliphatic carbocycles. The van der Waals surface area contributed by atoms with Crippen LogP contribution in [0, 0.1) is 6.92 Å². The lowest BCUT2D eigenvalue weighted by Gasteiger charge is -2.28. The van der Waals surface area contributed by atoms with Crippen molar-refractivity contribution in [2.45, 2.75) is 39.8 Å². The first-order chi connectivity index (χ1) is 8.26. The number of aryl methyl sites for hydroxylation is 1. The lowest BCUT2D eigenvalue weighted by atomic mass is 10.1. The zero-order valence-corrected chi connectivity index (χ0v) is 10.9. The largest absolute Gasteiger partial charge is 0.444 e. The van der Waals surface area contributed by atoms with E-state index in [-0.39, 0.29) is 18.9 Å². The Bertz CT molecular complexity index is 499. The third kappa shape index (κ3) is 2.52. The normalized spacial score (nSPS) is 15.6. The van der Waals surface area contributed by atoms with Gasteiger partial charge in [-0.2, -0.15) is 0 Å². The number of hydrogen-bond acceptors (Lipinski definition) is 5. The van der Waals surface area contributed by atoms with Gasteiger partial charge in [-0.05, 0) is 20.8 Å². The molecule has 0 N–H and O–H groups in total. The molecule has 1 aliphatic rings. The standard InChI is InChI=1S/C12H16N2O4/c1-7-13-10-8(15)5-14(6-9(10)17-7)11(16)18-12(2,3)4/h5-6H2,1-4H3. The summed E-state index contributed by atoms with van der Waals surface area (Å²) in [5, 5.41) is 0. The summed E-state index contributed by atoms with van der Waals surface area (Å²) in [7, 11) is 0. The van der Waals surface area contributed by atoms with E-state index in [2.05, 4.69) is 4.98 Å². The second kappa shape index (κ2) is 4.12. The molecule has 0 bridgehead atoms. The predicted octanol–water partition coefficient (Wildman–Crippen LogP) is 1.92. The average molecular weight is 252 g/mol. The molecule has 0 unspecified atom stereocenters. The fraction of sp³-hybridized carbons (Fsp3) is 0.583. The SMILES string of the molecule is Cc1nc2c(o1)CN(C(=O)OC(C)(C)C)CC2=O. The number of rotatable bonds is 0. The number of Topliss-reactive ketones (excluding diaryl/α,β-unsaturated/α-hetero) is 1. The number of hydrogen-bond donors (Lipinski definition) is 0. The minimum Gasteiger partial charge on any atom is -0.444 e. The van der Waals surface area contributed by atoms with Crippen LogP contribution in [0.5, 0.6) is 0 Å². The number of oxazole rings is 1. The molecular formula is C12H16N2O4. The van der Waals surface area contributed by atoms with E-state index in [9.17, 15) is 9.59 Å². The summed E-state index contributed by atoms with van der Waals surface area (Å²) in [6.45, 7) is 7.20. The zero-order chi connectivity index (χ0) is 13.5. The lowest BCUT2D eigenvalue weighted by Crippen LogP contribution is -2.42. The topological polar surface area (TPSA) is 72.6 Å². The van der Waals surface area contributed by atoms with Crippen molar-refractivity contribution in [1.82, 2.24) is 9.88 Å². The maximum absolute atomic E-state index is 11.9. The van der Waals surface area contributed by atoms with Crippen molar-refractivity contribution < 1.29 is 18.7 Å². The molecule has 2 rings (SSSR count). The van der Waals surface area contributed by atoms with E-state index in [0.29, 0.717) is 17.3 Å². The number of ketones is 1. The minimum absolute atomic E-state index is 0.0200. The van der Waals surface area contributed by atoms with Gasteiger partial charge in [-0.25, -0.2) is 9.78 Å². The van der Waals surface area contributed by atoms with E-state index >= 15 is 0 Å². The highest BCUT2D eigenvalue weighted by Gasteiger charge is 2.33. The van der Waals surface area contributed by atoms with Gasteiger partial charge in [0.15, 0.2) is 17.3 Å². The van der Waals surface area contributed by atoms with Gasteiger partial charge in [0.25, 0.3) is 0 Å². The van der Waals surface area contributed by atoms with Gasteiger partial charge in [0.2, 0.25) is 5.78 Å². The molecule has 1 amide bonds. The maximum atomic E-state index is 11.9. The number of aromatic nitrogens is 1. The van der Waals surface area contributed by atoms with Crippen LogP contribution >= 0.6 is 0 Å². The van der Waals surface area contributed by atoms with Crippen molar-refractivity contribution in [2.24, 2.45) is 0 Å². The molecule has 2 heterocycles. The Morgan fingerprint density at radius 1 is 1.39 bits per heavy atom.